The van der Waals surface area contributed by atoms with Crippen molar-refractivity contribution in [1.82, 2.24) is 10.6 Å². The molecule has 3 fully saturated rings. The van der Waals surface area contributed by atoms with Crippen LogP contribution in [0.5, 0.6) is 0 Å². The van der Waals surface area contributed by atoms with Crippen LogP contribution in [-0.2, 0) is 17.6 Å². The molecule has 1 amide bonds. The van der Waals surface area contributed by atoms with E-state index in [9.17, 15) is 19.2 Å². The van der Waals surface area contributed by atoms with Crippen LogP contribution in [-0.4, -0.2) is 29.8 Å². The smallest absolute Gasteiger partial charge is 0.238 e. The van der Waals surface area contributed by atoms with E-state index in [2.05, 4.69) is 16.7 Å². The van der Waals surface area contributed by atoms with Gasteiger partial charge in [-0.15, -0.1) is 0 Å². The van der Waals surface area contributed by atoms with Crippen molar-refractivity contribution in [3.05, 3.63) is 58.9 Å². The molecule has 0 radical (unpaired) electrons. The number of carbonyl (C=O) groups excluding carboxylic acids is 2. The average molecular weight is 429 g/mol. The molecule has 2 saturated carbocycles. The number of hydrogen-bond acceptors (Lipinski definition) is 4. The van der Waals surface area contributed by atoms with Crippen molar-refractivity contribution in [2.45, 2.75) is 50.2 Å². The predicted octanol–water partition coefficient (Wildman–Crippen LogP) is 3.17. The predicted molar refractivity (Wildman–Crippen MR) is 116 cm³/mol. The largest absolute Gasteiger partial charge is 0.339 e. The molecule has 0 spiro atoms. The van der Waals surface area contributed by atoms with Gasteiger partial charge in [0.25, 0.3) is 0 Å². The third-order valence-corrected chi connectivity index (χ3v) is 7.90. The van der Waals surface area contributed by atoms with Crippen LogP contribution < -0.4 is 10.6 Å². The lowest BCUT2D eigenvalue weighted by Crippen LogP contribution is -2.51. The van der Waals surface area contributed by atoms with Gasteiger partial charge in [-0.25, -0.2) is 4.39 Å². The van der Waals surface area contributed by atoms with Crippen LogP contribution in [0.3, 0.4) is 0 Å². The van der Waals surface area contributed by atoms with Crippen molar-refractivity contribution in [3.8, 4) is 17.2 Å². The summed E-state index contributed by atoms with van der Waals surface area (Å²) in [5.74, 6) is 1.42. The summed E-state index contributed by atoms with van der Waals surface area (Å²) in [7, 11) is 0. The van der Waals surface area contributed by atoms with E-state index in [0.717, 1.165) is 41.0 Å². The molecule has 3 aliphatic carbocycles. The second kappa shape index (κ2) is 7.25. The van der Waals surface area contributed by atoms with Gasteiger partial charge in [0.2, 0.25) is 5.91 Å². The maximum Gasteiger partial charge on any atom is 0.238 e. The second-order valence-corrected chi connectivity index (χ2v) is 9.71. The number of halogens is 1. The summed E-state index contributed by atoms with van der Waals surface area (Å²) in [4.78, 5) is 24.6. The zero-order chi connectivity index (χ0) is 22.0. The summed E-state index contributed by atoms with van der Waals surface area (Å²) in [5.41, 5.74) is 3.78. The Kier molecular flexibility index (Phi) is 4.44. The van der Waals surface area contributed by atoms with Gasteiger partial charge in [0.15, 0.2) is 5.78 Å². The Bertz CT molecular complexity index is 1190. The van der Waals surface area contributed by atoms with E-state index in [-0.39, 0.29) is 24.2 Å². The van der Waals surface area contributed by atoms with Gasteiger partial charge in [-0.2, -0.15) is 5.26 Å². The first-order valence-electron chi connectivity index (χ1n) is 11.4. The van der Waals surface area contributed by atoms with Gasteiger partial charge in [0, 0.05) is 24.4 Å². The number of nitrogens with one attached hydrogen (secondary N) is 2. The lowest BCUT2D eigenvalue weighted by atomic mass is 9.95. The fraction of sp³-hybridized carbons (Fsp3) is 0.423. The number of piperidine rings is 1. The number of fused-ring (bicyclic) bond motifs is 6. The van der Waals surface area contributed by atoms with Crippen LogP contribution in [0.1, 0.15) is 40.7 Å². The molecule has 2 aromatic rings. The summed E-state index contributed by atoms with van der Waals surface area (Å²) in [6, 6.07) is 12.2. The van der Waals surface area contributed by atoms with E-state index in [4.69, 9.17) is 0 Å². The molecule has 1 heterocycles. The number of amides is 1. The number of rotatable bonds is 5. The van der Waals surface area contributed by atoms with Crippen LogP contribution in [0, 0.1) is 34.9 Å². The van der Waals surface area contributed by atoms with Crippen molar-refractivity contribution in [1.29, 1.82) is 5.26 Å². The minimum atomic E-state index is -0.773. The topological polar surface area (TPSA) is 82.0 Å². The molecule has 6 rings (SSSR count). The molecule has 2 N–H and O–H groups in total. The summed E-state index contributed by atoms with van der Waals surface area (Å²) in [6.45, 7) is 0. The van der Waals surface area contributed by atoms with Crippen LogP contribution in [0.25, 0.3) is 11.1 Å². The second-order valence-electron chi connectivity index (χ2n) is 9.71. The zero-order valence-corrected chi connectivity index (χ0v) is 17.6. The number of ketones is 1. The minimum Gasteiger partial charge on any atom is -0.339 e. The normalized spacial score (nSPS) is 29.9. The SMILES string of the molecule is N#C[C@H](Cc1ccc(-c2ccc3c(c2)CCC3=O)cc1F)NC(=O)[C@H]1N[C@H]2C[C@@H]1[C@@H]1C[C@@H]12. The standard InChI is InChI=1S/C26H24FN3O2/c27-22-9-14(13-3-5-18-15(7-13)4-6-24(18)31)1-2-16(22)8-17(12-28)29-26(32)25-21-11-23(30-25)20-10-19(20)21/h1-3,5,7,9,17,19-21,23,25,30H,4,6,8,10-11H2,(H,29,32)/t17-,19+,20-,21+,23-,25-/m0/s1. The Morgan fingerprint density at radius 1 is 1.12 bits per heavy atom. The van der Waals surface area contributed by atoms with Crippen LogP contribution in [0.4, 0.5) is 4.39 Å². The first kappa shape index (κ1) is 19.6. The maximum absolute atomic E-state index is 14.9. The number of benzene rings is 2. The highest BCUT2D eigenvalue weighted by atomic mass is 19.1. The molecular formula is C26H24FN3O2. The Morgan fingerprint density at radius 3 is 2.69 bits per heavy atom. The van der Waals surface area contributed by atoms with Crippen molar-refractivity contribution in [3.63, 3.8) is 0 Å². The van der Waals surface area contributed by atoms with E-state index in [1.165, 1.54) is 12.5 Å². The van der Waals surface area contributed by atoms with Gasteiger partial charge >= 0.3 is 0 Å². The third kappa shape index (κ3) is 3.15. The van der Waals surface area contributed by atoms with Crippen molar-refractivity contribution in [2.75, 3.05) is 0 Å². The lowest BCUT2D eigenvalue weighted by Gasteiger charge is -2.23. The Morgan fingerprint density at radius 2 is 1.94 bits per heavy atom. The first-order valence-corrected chi connectivity index (χ1v) is 11.4. The highest BCUT2D eigenvalue weighted by Crippen LogP contribution is 2.59. The lowest BCUT2D eigenvalue weighted by molar-refractivity contribution is -0.124. The van der Waals surface area contributed by atoms with Crippen LogP contribution >= 0.6 is 0 Å². The molecule has 4 aliphatic rings. The molecule has 2 aromatic carbocycles. The van der Waals surface area contributed by atoms with Gasteiger partial charge < -0.3 is 10.6 Å². The summed E-state index contributed by atoms with van der Waals surface area (Å²) in [6.07, 6.45) is 3.65. The Balaban J connectivity index is 1.14. The van der Waals surface area contributed by atoms with Crippen LogP contribution in [0.2, 0.25) is 0 Å². The van der Waals surface area contributed by atoms with E-state index in [0.29, 0.717) is 29.9 Å². The number of nitriles is 1. The number of hydrogen-bond donors (Lipinski definition) is 2. The molecule has 1 saturated heterocycles. The molecule has 0 unspecified atom stereocenters. The summed E-state index contributed by atoms with van der Waals surface area (Å²) >= 11 is 0. The Labute approximate surface area is 186 Å². The van der Waals surface area contributed by atoms with E-state index in [1.54, 1.807) is 6.07 Å². The molecule has 32 heavy (non-hydrogen) atoms. The van der Waals surface area contributed by atoms with Gasteiger partial charge in [0.05, 0.1) is 12.1 Å². The molecule has 162 valence electrons. The van der Waals surface area contributed by atoms with Crippen molar-refractivity contribution >= 4 is 11.7 Å². The number of Topliss-reactive ketones (excluding diaryl/α,β-unsaturated/α-hetero) is 1. The van der Waals surface area contributed by atoms with E-state index >= 15 is 0 Å². The van der Waals surface area contributed by atoms with Gasteiger partial charge in [-0.3, -0.25) is 9.59 Å². The van der Waals surface area contributed by atoms with Gasteiger partial charge in [0.1, 0.15) is 11.9 Å². The minimum absolute atomic E-state index is 0.125. The van der Waals surface area contributed by atoms with Gasteiger partial charge in [-0.05, 0) is 65.3 Å². The highest BCUT2D eigenvalue weighted by Gasteiger charge is 2.62. The number of nitrogens with zero attached hydrogens (tertiary/aromatic N) is 1. The first-order chi connectivity index (χ1) is 15.5. The van der Waals surface area contributed by atoms with E-state index in [1.807, 2.05) is 24.3 Å². The van der Waals surface area contributed by atoms with Gasteiger partial charge in [-0.1, -0.05) is 30.3 Å². The fourth-order valence-electron chi connectivity index (χ4n) is 6.17. The average Bonchev–Trinajstić information content (AvgIpc) is 3.20. The van der Waals surface area contributed by atoms with Crippen molar-refractivity contribution in [2.24, 2.45) is 17.8 Å². The molecule has 5 nitrogen and oxygen atoms in total. The van der Waals surface area contributed by atoms with E-state index < -0.39 is 11.9 Å². The maximum atomic E-state index is 14.9. The molecule has 2 bridgehead atoms. The number of carbonyl (C=O) groups is 2. The highest BCUT2D eigenvalue weighted by molar-refractivity contribution is 6.01. The number of aryl methyl sites for hydroxylation is 1. The monoisotopic (exact) mass is 429 g/mol. The van der Waals surface area contributed by atoms with Crippen LogP contribution in [0.15, 0.2) is 36.4 Å². The molecule has 6 heteroatoms. The fourth-order valence-corrected chi connectivity index (χ4v) is 6.17. The molecule has 6 atom stereocenters. The quantitative estimate of drug-likeness (QED) is 0.765. The molecular weight excluding hydrogens is 405 g/mol. The zero-order valence-electron chi connectivity index (χ0n) is 17.6. The summed E-state index contributed by atoms with van der Waals surface area (Å²) < 4.78 is 14.9. The Hall–Kier alpha value is -3.04. The molecule has 0 aromatic heterocycles. The third-order valence-electron chi connectivity index (χ3n) is 7.90. The molecule has 1 aliphatic heterocycles. The van der Waals surface area contributed by atoms with Crippen molar-refractivity contribution < 1.29 is 14.0 Å². The summed E-state index contributed by atoms with van der Waals surface area (Å²) in [5, 5.41) is 15.8.